The van der Waals surface area contributed by atoms with E-state index in [1.807, 2.05) is 0 Å². The van der Waals surface area contributed by atoms with Gasteiger partial charge in [0.2, 0.25) is 5.78 Å². The van der Waals surface area contributed by atoms with Gasteiger partial charge in [-0.3, -0.25) is 4.79 Å². The van der Waals surface area contributed by atoms with Gasteiger partial charge in [-0.15, -0.1) is 0 Å². The maximum atomic E-state index is 14.7. The molecule has 0 spiro atoms. The Morgan fingerprint density at radius 3 is 1.43 bits per heavy atom. The highest BCUT2D eigenvalue weighted by Crippen LogP contribution is 2.69. The van der Waals surface area contributed by atoms with E-state index in [0.29, 0.717) is 0 Å². The summed E-state index contributed by atoms with van der Waals surface area (Å²) in [6, 6.07) is -1.29. The number of allylic oxidation sites excluding steroid dienone is 1. The first-order chi connectivity index (χ1) is 16.0. The summed E-state index contributed by atoms with van der Waals surface area (Å²) in [6.45, 7) is 0. The van der Waals surface area contributed by atoms with E-state index in [0.717, 1.165) is 0 Å². The second kappa shape index (κ2) is 8.02. The maximum Gasteiger partial charge on any atom is 0.417 e. The Bertz CT molecular complexity index is 1120. The summed E-state index contributed by atoms with van der Waals surface area (Å²) < 4.78 is 228. The van der Waals surface area contributed by atoms with Gasteiger partial charge in [0.25, 0.3) is 0 Å². The van der Waals surface area contributed by atoms with Crippen LogP contribution in [0.15, 0.2) is 18.2 Å². The third-order valence-electron chi connectivity index (χ3n) is 5.03. The van der Waals surface area contributed by atoms with Crippen LogP contribution in [0.1, 0.15) is 16.7 Å². The molecule has 0 aromatic heterocycles. The van der Waals surface area contributed by atoms with Crippen molar-refractivity contribution in [3.63, 3.8) is 0 Å². The average molecular weight is 599 g/mol. The molecule has 0 heterocycles. The van der Waals surface area contributed by atoms with Crippen molar-refractivity contribution in [3.05, 3.63) is 39.9 Å². The molecular weight excluding hydrogens is 595 g/mol. The first-order valence-electron chi connectivity index (χ1n) is 8.56. The minimum absolute atomic E-state index is 0.587. The Labute approximate surface area is 196 Å². The van der Waals surface area contributed by atoms with Gasteiger partial charge < -0.3 is 5.11 Å². The number of halogens is 18. The molecule has 37 heavy (non-hydrogen) atoms. The van der Waals surface area contributed by atoms with E-state index in [1.165, 1.54) is 0 Å². The van der Waals surface area contributed by atoms with Crippen LogP contribution in [0.25, 0.3) is 5.76 Å². The van der Waals surface area contributed by atoms with Crippen molar-refractivity contribution in [2.75, 3.05) is 0 Å². The Morgan fingerprint density at radius 1 is 0.703 bits per heavy atom. The highest BCUT2D eigenvalue weighted by molar-refractivity contribution is 6.33. The topological polar surface area (TPSA) is 37.3 Å². The van der Waals surface area contributed by atoms with Crippen molar-refractivity contribution in [2.45, 2.75) is 47.6 Å². The first-order valence-corrected chi connectivity index (χ1v) is 8.94. The maximum absolute atomic E-state index is 14.7. The van der Waals surface area contributed by atoms with Gasteiger partial charge in [-0.2, -0.15) is 70.2 Å². The lowest BCUT2D eigenvalue weighted by atomic mass is 9.70. The third-order valence-corrected chi connectivity index (χ3v) is 5.44. The van der Waals surface area contributed by atoms with Gasteiger partial charge in [0, 0.05) is 11.6 Å². The Balaban J connectivity index is 2.87. The largest absolute Gasteiger partial charge is 0.507 e. The molecule has 1 fully saturated rings. The van der Waals surface area contributed by atoms with Crippen LogP contribution in [0, 0.1) is 0 Å². The predicted molar refractivity (Wildman–Crippen MR) is 85.6 cm³/mol. The molecule has 0 unspecified atom stereocenters. The van der Waals surface area contributed by atoms with Gasteiger partial charge in [-0.1, -0.05) is 11.6 Å². The number of carbonyl (C=O) groups is 1. The van der Waals surface area contributed by atoms with Crippen molar-refractivity contribution in [2.24, 2.45) is 0 Å². The molecule has 1 aromatic rings. The Kier molecular flexibility index (Phi) is 6.66. The number of aliphatic hydroxyl groups is 1. The van der Waals surface area contributed by atoms with Crippen molar-refractivity contribution >= 4 is 23.1 Å². The summed E-state index contributed by atoms with van der Waals surface area (Å²) in [6.07, 6.45) is -13.1. The number of ketones is 1. The quantitative estimate of drug-likeness (QED) is 0.220. The molecule has 0 amide bonds. The molecule has 2 rings (SSSR count). The van der Waals surface area contributed by atoms with Crippen LogP contribution in [-0.2, 0) is 17.1 Å². The number of carbonyl (C=O) groups excluding carboxylic acids is 1. The summed E-state index contributed by atoms with van der Waals surface area (Å²) in [4.78, 5) is 11.8. The number of benzene rings is 1. The fourth-order valence-corrected chi connectivity index (χ4v) is 3.33. The van der Waals surface area contributed by atoms with E-state index in [-0.39, 0.29) is 0 Å². The summed E-state index contributed by atoms with van der Waals surface area (Å²) in [5, 5.41) is 7.61. The van der Waals surface area contributed by atoms with E-state index in [2.05, 4.69) is 0 Å². The van der Waals surface area contributed by atoms with Gasteiger partial charge in [0.15, 0.2) is 0 Å². The molecule has 0 bridgehead atoms. The number of hydrogen-bond acceptors (Lipinski definition) is 2. The van der Waals surface area contributed by atoms with E-state index in [9.17, 15) is 84.5 Å². The van der Waals surface area contributed by atoms with Crippen LogP contribution < -0.4 is 0 Å². The van der Waals surface area contributed by atoms with Crippen molar-refractivity contribution in [3.8, 4) is 0 Å². The second-order valence-corrected chi connectivity index (χ2v) is 7.68. The molecule has 210 valence electrons. The summed E-state index contributed by atoms with van der Waals surface area (Å²) in [5.41, 5.74) is -14.3. The van der Waals surface area contributed by atoms with Gasteiger partial charge in [-0.25, -0.2) is 4.39 Å². The molecule has 0 atom stereocenters. The zero-order valence-corrected chi connectivity index (χ0v) is 17.1. The molecule has 0 radical (unpaired) electrons. The lowest BCUT2D eigenvalue weighted by molar-refractivity contribution is -0.475. The van der Waals surface area contributed by atoms with Crippen molar-refractivity contribution in [1.82, 2.24) is 0 Å². The smallest absolute Gasteiger partial charge is 0.417 e. The monoisotopic (exact) mass is 598 g/mol. The van der Waals surface area contributed by atoms with Crippen LogP contribution in [0.2, 0.25) is 5.02 Å². The van der Waals surface area contributed by atoms with Crippen LogP contribution in [0.5, 0.6) is 0 Å². The van der Waals surface area contributed by atoms with Gasteiger partial charge >= 0.3 is 47.6 Å². The number of rotatable bonds is 3. The van der Waals surface area contributed by atoms with E-state index in [4.69, 9.17) is 11.6 Å². The standard InChI is InChI=1S/C17H4ClF17O2/c18-9-5(1-4(11(20,21)22)2-6(9)12(23,24)25)7(36)3-8(37)10(19)13(26,27)15(30,31)17(34,35)16(32,33)14(10,28)29/h1-3,36H/b7-3-. The summed E-state index contributed by atoms with van der Waals surface area (Å²) in [5.74, 6) is -45.3. The van der Waals surface area contributed by atoms with E-state index < -0.39 is 99.1 Å². The molecule has 1 aliphatic carbocycles. The number of alkyl halides is 17. The zero-order valence-electron chi connectivity index (χ0n) is 16.4. The summed E-state index contributed by atoms with van der Waals surface area (Å²) in [7, 11) is 0. The molecule has 0 aliphatic heterocycles. The Morgan fingerprint density at radius 2 is 1.08 bits per heavy atom. The highest BCUT2D eigenvalue weighted by atomic mass is 35.5. The molecule has 1 aromatic carbocycles. The van der Waals surface area contributed by atoms with Gasteiger partial charge in [-0.05, 0) is 12.1 Å². The average Bonchev–Trinajstić information content (AvgIpc) is 2.69. The SMILES string of the molecule is O=C(/C=C(\O)c1cc(C(F)(F)F)cc(C(F)(F)F)c1Cl)C1(F)C(F)(F)C(F)(F)C(F)(F)C(F)(F)C1(F)F. The van der Waals surface area contributed by atoms with Crippen molar-refractivity contribution in [1.29, 1.82) is 0 Å². The minimum atomic E-state index is -7.74. The van der Waals surface area contributed by atoms with Gasteiger partial charge in [0.1, 0.15) is 5.76 Å². The number of hydrogen-bond donors (Lipinski definition) is 1. The molecule has 1 aliphatic rings. The Hall–Kier alpha value is -2.47. The number of aliphatic hydroxyl groups excluding tert-OH is 1. The van der Waals surface area contributed by atoms with Crippen molar-refractivity contribution < 1.29 is 84.5 Å². The summed E-state index contributed by atoms with van der Waals surface area (Å²) >= 11 is 5.13. The fraction of sp³-hybridized carbons (Fsp3) is 0.471. The predicted octanol–water partition coefficient (Wildman–Crippen LogP) is 7.74. The molecule has 0 saturated heterocycles. The lowest BCUT2D eigenvalue weighted by Crippen LogP contribution is -2.85. The molecule has 20 heteroatoms. The molecule has 2 nitrogen and oxygen atoms in total. The second-order valence-electron chi connectivity index (χ2n) is 7.31. The van der Waals surface area contributed by atoms with E-state index in [1.54, 1.807) is 0 Å². The van der Waals surface area contributed by atoms with Gasteiger partial charge in [0.05, 0.1) is 16.1 Å². The third kappa shape index (κ3) is 3.81. The fourth-order valence-electron chi connectivity index (χ4n) is 3.01. The highest BCUT2D eigenvalue weighted by Gasteiger charge is 3.02. The van der Waals surface area contributed by atoms with E-state index >= 15 is 0 Å². The molecule has 1 N–H and O–H groups in total. The molecular formula is C17H4ClF17O2. The van der Waals surface area contributed by atoms with Crippen LogP contribution >= 0.6 is 11.6 Å². The zero-order chi connectivity index (χ0) is 29.6. The normalized spacial score (nSPS) is 24.0. The van der Waals surface area contributed by atoms with Crippen LogP contribution in [0.3, 0.4) is 0 Å². The van der Waals surface area contributed by atoms with Crippen LogP contribution in [-0.4, -0.2) is 46.2 Å². The van der Waals surface area contributed by atoms with Crippen LogP contribution in [0.4, 0.5) is 74.6 Å². The first kappa shape index (κ1) is 30.8. The molecule has 1 saturated carbocycles. The lowest BCUT2D eigenvalue weighted by Gasteiger charge is -2.51. The minimum Gasteiger partial charge on any atom is -0.507 e.